The quantitative estimate of drug-likeness (QED) is 0.123. The number of nitrogens with zero attached hydrogens (tertiary/aromatic N) is 1. The molecule has 0 unspecified atom stereocenters. The molecule has 19 heteroatoms. The van der Waals surface area contributed by atoms with E-state index in [1.807, 2.05) is 0 Å². The van der Waals surface area contributed by atoms with Crippen molar-refractivity contribution in [1.29, 1.82) is 0 Å². The average Bonchev–Trinajstić information content (AvgIpc) is 3.07. The minimum Gasteiger partial charge on any atom is -0.433 e. The Hall–Kier alpha value is -5.26. The third-order valence-electron chi connectivity index (χ3n) is 7.12. The second kappa shape index (κ2) is 17.8. The fourth-order valence-corrected chi connectivity index (χ4v) is 4.80. The van der Waals surface area contributed by atoms with E-state index in [1.54, 1.807) is 18.2 Å². The number of aromatic nitrogens is 1. The van der Waals surface area contributed by atoms with Crippen LogP contribution in [0.25, 0.3) is 0 Å². The van der Waals surface area contributed by atoms with E-state index in [0.29, 0.717) is 5.56 Å². The molecule has 2 aromatic carbocycles. The van der Waals surface area contributed by atoms with Gasteiger partial charge in [-0.25, -0.2) is 4.98 Å². The summed E-state index contributed by atoms with van der Waals surface area (Å²) in [6.45, 7) is -2.86. The number of amides is 4. The lowest BCUT2D eigenvalue weighted by atomic mass is 9.94. The van der Waals surface area contributed by atoms with Gasteiger partial charge in [-0.15, -0.1) is 0 Å². The van der Waals surface area contributed by atoms with Gasteiger partial charge in [-0.05, 0) is 41.3 Å². The van der Waals surface area contributed by atoms with Crippen molar-refractivity contribution in [3.05, 3.63) is 94.8 Å². The van der Waals surface area contributed by atoms with Crippen molar-refractivity contribution in [2.24, 2.45) is 5.92 Å². The van der Waals surface area contributed by atoms with Gasteiger partial charge in [0.25, 0.3) is 11.8 Å². The van der Waals surface area contributed by atoms with Crippen molar-refractivity contribution in [2.45, 2.75) is 57.1 Å². The lowest BCUT2D eigenvalue weighted by Crippen LogP contribution is -2.58. The number of alkyl halides is 7. The summed E-state index contributed by atoms with van der Waals surface area (Å²) in [6.07, 6.45) is -4.45. The topological polar surface area (TPSA) is 156 Å². The van der Waals surface area contributed by atoms with Gasteiger partial charge in [0, 0.05) is 11.4 Å². The summed E-state index contributed by atoms with van der Waals surface area (Å²) in [4.78, 5) is 69.2. The SMILES string of the molecule is CC(C)[C@H](NC(=O)[C@@H](NC(=O)[C@H](Cc1cccc(Cl)c1)NC(=O)c1ccc(OC(F)F)cn1)c1ccccc1)C(=O)C(F)(F)C(=O)NCC(F)(F)F. The molecule has 0 bridgehead atoms. The lowest BCUT2D eigenvalue weighted by molar-refractivity contribution is -0.165. The van der Waals surface area contributed by atoms with E-state index in [2.05, 4.69) is 25.7 Å². The van der Waals surface area contributed by atoms with E-state index >= 15 is 0 Å². The van der Waals surface area contributed by atoms with Crippen molar-refractivity contribution in [1.82, 2.24) is 26.3 Å². The van der Waals surface area contributed by atoms with E-state index < -0.39 is 78.7 Å². The van der Waals surface area contributed by atoms with Gasteiger partial charge in [0.2, 0.25) is 17.6 Å². The van der Waals surface area contributed by atoms with Gasteiger partial charge in [-0.1, -0.05) is 67.9 Å². The maximum absolute atomic E-state index is 14.8. The van der Waals surface area contributed by atoms with Gasteiger partial charge in [0.05, 0.1) is 12.2 Å². The minimum atomic E-state index is -5.06. The number of hydrogen-bond acceptors (Lipinski definition) is 7. The van der Waals surface area contributed by atoms with Crippen LogP contribution in [0.15, 0.2) is 72.9 Å². The summed E-state index contributed by atoms with van der Waals surface area (Å²) in [5.74, 6) is -14.4. The summed E-state index contributed by atoms with van der Waals surface area (Å²) < 4.78 is 96.5. The van der Waals surface area contributed by atoms with Gasteiger partial charge in [-0.3, -0.25) is 24.0 Å². The average molecular weight is 762 g/mol. The first-order chi connectivity index (χ1) is 24.3. The Bertz CT molecular complexity index is 1730. The van der Waals surface area contributed by atoms with Crippen LogP contribution in [0.2, 0.25) is 5.02 Å². The van der Waals surface area contributed by atoms with Crippen molar-refractivity contribution in [2.75, 3.05) is 6.54 Å². The molecule has 0 aliphatic carbocycles. The number of halogens is 8. The second-order valence-corrected chi connectivity index (χ2v) is 11.9. The third kappa shape index (κ3) is 11.9. The molecule has 52 heavy (non-hydrogen) atoms. The molecule has 4 amide bonds. The van der Waals surface area contributed by atoms with Crippen molar-refractivity contribution in [3.8, 4) is 5.75 Å². The number of pyridine rings is 1. The molecular weight excluding hydrogens is 731 g/mol. The Morgan fingerprint density at radius 3 is 2.08 bits per heavy atom. The first-order valence-corrected chi connectivity index (χ1v) is 15.5. The standard InChI is InChI=1S/C33H31ClF7N5O6/c1-17(2)24(26(47)33(40,41)30(51)43-16-32(37,38)39)45-29(50)25(19-8-4-3-5-9-19)46-28(49)23(14-18-7-6-10-20(34)13-18)44-27(48)22-12-11-21(15-42-22)52-31(35)36/h3-13,15,17,23-25,31H,14,16H2,1-2H3,(H,43,51)(H,44,48)(H,45,50)(H,46,49)/t23-,24-,25-/m0/s1. The number of ketones is 1. The summed E-state index contributed by atoms with van der Waals surface area (Å²) in [5, 5.41) is 8.14. The molecule has 0 saturated heterocycles. The number of carbonyl (C=O) groups is 5. The zero-order chi connectivity index (χ0) is 38.8. The molecule has 280 valence electrons. The summed E-state index contributed by atoms with van der Waals surface area (Å²) in [6, 6.07) is 10.1. The maximum atomic E-state index is 14.8. The molecule has 0 radical (unpaired) electrons. The highest BCUT2D eigenvalue weighted by atomic mass is 35.5. The van der Waals surface area contributed by atoms with Crippen molar-refractivity contribution >= 4 is 41.0 Å². The largest absolute Gasteiger partial charge is 0.433 e. The fourth-order valence-electron chi connectivity index (χ4n) is 4.59. The zero-order valence-electron chi connectivity index (χ0n) is 27.1. The summed E-state index contributed by atoms with van der Waals surface area (Å²) in [7, 11) is 0. The zero-order valence-corrected chi connectivity index (χ0v) is 27.9. The molecule has 0 aliphatic heterocycles. The Kier molecular flexibility index (Phi) is 14.1. The Morgan fingerprint density at radius 2 is 1.52 bits per heavy atom. The fraction of sp³-hybridized carbons (Fsp3) is 0.333. The smallest absolute Gasteiger partial charge is 0.405 e. The molecule has 1 aromatic heterocycles. The van der Waals surface area contributed by atoms with Gasteiger partial charge in [0.1, 0.15) is 30.1 Å². The number of rotatable bonds is 16. The first-order valence-electron chi connectivity index (χ1n) is 15.2. The molecule has 0 saturated carbocycles. The molecular formula is C33H31ClF7N5O6. The Balaban J connectivity index is 1.91. The molecule has 1 heterocycles. The predicted molar refractivity (Wildman–Crippen MR) is 170 cm³/mol. The van der Waals surface area contributed by atoms with Crippen LogP contribution >= 0.6 is 11.6 Å². The number of hydrogen-bond donors (Lipinski definition) is 4. The van der Waals surface area contributed by atoms with Crippen molar-refractivity contribution in [3.63, 3.8) is 0 Å². The minimum absolute atomic E-state index is 0.0714. The molecule has 11 nitrogen and oxygen atoms in total. The van der Waals surface area contributed by atoms with Crippen LogP contribution in [0.4, 0.5) is 30.7 Å². The highest BCUT2D eigenvalue weighted by Gasteiger charge is 2.52. The van der Waals surface area contributed by atoms with Crippen LogP contribution in [0.5, 0.6) is 5.75 Å². The normalized spacial score (nSPS) is 13.5. The van der Waals surface area contributed by atoms with Gasteiger partial charge in [-0.2, -0.15) is 30.7 Å². The van der Waals surface area contributed by atoms with E-state index in [-0.39, 0.29) is 28.5 Å². The third-order valence-corrected chi connectivity index (χ3v) is 7.35. The van der Waals surface area contributed by atoms with E-state index in [9.17, 15) is 54.7 Å². The number of ether oxygens (including phenoxy) is 1. The van der Waals surface area contributed by atoms with Gasteiger partial charge >= 0.3 is 18.7 Å². The Morgan fingerprint density at radius 1 is 0.846 bits per heavy atom. The number of carbonyl (C=O) groups excluding carboxylic acids is 5. The molecule has 0 spiro atoms. The number of Topliss-reactive ketones (excluding diaryl/α,β-unsaturated/α-hetero) is 1. The first kappa shape index (κ1) is 41.2. The lowest BCUT2D eigenvalue weighted by Gasteiger charge is -2.28. The van der Waals surface area contributed by atoms with Crippen LogP contribution in [-0.4, -0.2) is 71.7 Å². The van der Waals surface area contributed by atoms with Crippen LogP contribution in [0.1, 0.15) is 41.5 Å². The molecule has 3 aromatic rings. The highest BCUT2D eigenvalue weighted by Crippen LogP contribution is 2.23. The second-order valence-electron chi connectivity index (χ2n) is 11.4. The van der Waals surface area contributed by atoms with Crippen LogP contribution in [0.3, 0.4) is 0 Å². The Labute approximate surface area is 296 Å². The van der Waals surface area contributed by atoms with E-state index in [0.717, 1.165) is 23.6 Å². The predicted octanol–water partition coefficient (Wildman–Crippen LogP) is 4.56. The van der Waals surface area contributed by atoms with Gasteiger partial charge < -0.3 is 26.0 Å². The molecule has 0 fully saturated rings. The molecule has 0 aliphatic rings. The molecule has 3 atom stereocenters. The van der Waals surface area contributed by atoms with Crippen molar-refractivity contribution < 1.29 is 59.4 Å². The van der Waals surface area contributed by atoms with E-state index in [4.69, 9.17) is 11.6 Å². The maximum Gasteiger partial charge on any atom is 0.405 e. The van der Waals surface area contributed by atoms with E-state index in [1.165, 1.54) is 50.2 Å². The summed E-state index contributed by atoms with van der Waals surface area (Å²) in [5.41, 5.74) is 0.183. The van der Waals surface area contributed by atoms with Gasteiger partial charge in [0.15, 0.2) is 0 Å². The monoisotopic (exact) mass is 761 g/mol. The summed E-state index contributed by atoms with van der Waals surface area (Å²) >= 11 is 6.08. The van der Waals surface area contributed by atoms with Crippen LogP contribution in [-0.2, 0) is 25.6 Å². The number of nitrogens with one attached hydrogen (secondary N) is 4. The van der Waals surface area contributed by atoms with Crippen LogP contribution in [0, 0.1) is 5.92 Å². The molecule has 4 N–H and O–H groups in total. The number of benzene rings is 2. The van der Waals surface area contributed by atoms with Crippen LogP contribution < -0.4 is 26.0 Å². The molecule has 3 rings (SSSR count). The highest BCUT2D eigenvalue weighted by molar-refractivity contribution is 6.30.